The van der Waals surface area contributed by atoms with Crippen molar-refractivity contribution in [3.8, 4) is 22.4 Å². The third-order valence-electron chi connectivity index (χ3n) is 11.2. The molecule has 296 valence electrons. The van der Waals surface area contributed by atoms with E-state index < -0.39 is 24.3 Å². The molecular weight excluding hydrogens is 737 g/mol. The minimum absolute atomic E-state index is 0.229. The van der Waals surface area contributed by atoms with Gasteiger partial charge >= 0.3 is 12.2 Å². The Labute approximate surface area is 334 Å². The highest BCUT2D eigenvalue weighted by Crippen LogP contribution is 2.37. The van der Waals surface area contributed by atoms with Crippen LogP contribution in [0.5, 0.6) is 0 Å². The van der Waals surface area contributed by atoms with Gasteiger partial charge in [0.25, 0.3) is 11.8 Å². The Morgan fingerprint density at radius 2 is 1.41 bits per heavy atom. The number of carbonyl (C=O) groups is 4. The number of amides is 4. The summed E-state index contributed by atoms with van der Waals surface area (Å²) < 4.78 is 4.84. The second-order valence-electron chi connectivity index (χ2n) is 14.7. The number of rotatable bonds is 10. The fourth-order valence-corrected chi connectivity index (χ4v) is 8.22. The number of methoxy groups -OCH3 is 1. The lowest BCUT2D eigenvalue weighted by atomic mass is 10.0. The summed E-state index contributed by atoms with van der Waals surface area (Å²) in [6, 6.07) is 29.7. The maximum absolute atomic E-state index is 14.0. The summed E-state index contributed by atoms with van der Waals surface area (Å²) in [5.41, 5.74) is 6.42. The molecule has 4 aromatic carbocycles. The van der Waals surface area contributed by atoms with Gasteiger partial charge in [-0.25, -0.2) is 19.6 Å². The first-order valence-electron chi connectivity index (χ1n) is 19.4. The van der Waals surface area contributed by atoms with Gasteiger partial charge in [-0.15, -0.1) is 0 Å². The average Bonchev–Trinajstić information content (AvgIpc) is 4.09. The first kappa shape index (κ1) is 37.9. The molecule has 4 N–H and O–H groups in total. The molecule has 0 spiro atoms. The van der Waals surface area contributed by atoms with E-state index in [1.807, 2.05) is 79.0 Å². The largest absolute Gasteiger partial charge is 0.465 e. The number of H-pyrrole nitrogens is 2. The summed E-state index contributed by atoms with van der Waals surface area (Å²) in [7, 11) is 2.70. The van der Waals surface area contributed by atoms with Crippen molar-refractivity contribution >= 4 is 35.0 Å². The second kappa shape index (κ2) is 16.3. The quantitative estimate of drug-likeness (QED) is 0.111. The number of fused-ring (bicyclic) bond motifs is 1. The molecule has 0 unspecified atom stereocenters. The zero-order valence-electron chi connectivity index (χ0n) is 32.2. The van der Waals surface area contributed by atoms with Crippen LogP contribution in [0.1, 0.15) is 72.6 Å². The van der Waals surface area contributed by atoms with Gasteiger partial charge in [-0.3, -0.25) is 14.5 Å². The highest BCUT2D eigenvalue weighted by Gasteiger charge is 2.40. The van der Waals surface area contributed by atoms with E-state index in [1.54, 1.807) is 34.1 Å². The maximum atomic E-state index is 14.0. The van der Waals surface area contributed by atoms with Gasteiger partial charge in [-0.1, -0.05) is 84.9 Å². The van der Waals surface area contributed by atoms with E-state index in [9.17, 15) is 24.3 Å². The molecule has 4 amide bonds. The summed E-state index contributed by atoms with van der Waals surface area (Å²) in [6.45, 7) is 1.03. The number of aromatic nitrogens is 4. The van der Waals surface area contributed by atoms with Crippen LogP contribution >= 0.6 is 0 Å². The molecule has 2 aromatic heterocycles. The monoisotopic (exact) mass is 780 g/mol. The number of hydrogen-bond donors (Lipinski definition) is 4. The number of aromatic amines is 2. The molecule has 14 nitrogen and oxygen atoms in total. The molecule has 6 aromatic rings. The van der Waals surface area contributed by atoms with Crippen LogP contribution in [0.2, 0.25) is 0 Å². The van der Waals surface area contributed by atoms with Crippen molar-refractivity contribution in [2.45, 2.75) is 49.9 Å². The van der Waals surface area contributed by atoms with E-state index in [0.717, 1.165) is 57.6 Å². The van der Waals surface area contributed by atoms with Crippen LogP contribution in [-0.4, -0.2) is 91.0 Å². The van der Waals surface area contributed by atoms with Crippen LogP contribution in [0.25, 0.3) is 33.4 Å². The molecule has 4 atom stereocenters. The number of nitrogens with one attached hydrogen (secondary N) is 3. The van der Waals surface area contributed by atoms with E-state index in [4.69, 9.17) is 14.7 Å². The van der Waals surface area contributed by atoms with Crippen molar-refractivity contribution in [3.05, 3.63) is 132 Å². The molecule has 0 aliphatic carbocycles. The number of benzene rings is 4. The van der Waals surface area contributed by atoms with Gasteiger partial charge in [0.15, 0.2) is 0 Å². The second-order valence-corrected chi connectivity index (χ2v) is 14.7. The molecule has 8 rings (SSSR count). The Balaban J connectivity index is 1.01. The van der Waals surface area contributed by atoms with Crippen LogP contribution in [0.3, 0.4) is 0 Å². The SMILES string of the molecule is COC(=O)N[C@@H](C(=O)N1CCC[C@H]1c1nc2cc(-c3cccc(-c4c[nH]c([C@@H]5CCCN5C(=O)[C@@H](c5ccccc5)N(C)C(=O)O)n4)c3)ccc2[nH]1)c1ccccc1. The third-order valence-corrected chi connectivity index (χ3v) is 11.2. The van der Waals surface area contributed by atoms with E-state index in [-0.39, 0.29) is 23.9 Å². The third kappa shape index (κ3) is 7.48. The van der Waals surface area contributed by atoms with Crippen LogP contribution in [-0.2, 0) is 14.3 Å². The van der Waals surface area contributed by atoms with Gasteiger partial charge in [-0.2, -0.15) is 0 Å². The standard InChI is InChI=1S/C44H44N8O6/c1-50(44(56)57)38(28-14-7-4-8-15-28)42(54)52-23-10-18-35(52)39-45-26-34(48-39)31-17-9-16-29(24-31)30-20-21-32-33(25-30)47-40(46-32)36-19-11-22-51(36)41(53)37(49-43(55)58-2)27-12-5-3-6-13-27/h3-9,12-17,20-21,24-26,35-38H,10-11,18-19,22-23H2,1-2H3,(H,45,48)(H,46,47)(H,49,55)(H,56,57)/t35-,36-,37+,38+/m0/s1. The first-order valence-corrected chi connectivity index (χ1v) is 19.4. The Bertz CT molecular complexity index is 2450. The van der Waals surface area contributed by atoms with Gasteiger partial charge in [0.2, 0.25) is 0 Å². The van der Waals surface area contributed by atoms with Crippen molar-refractivity contribution < 1.29 is 29.0 Å². The van der Waals surface area contributed by atoms with Crippen LogP contribution in [0.15, 0.2) is 109 Å². The lowest BCUT2D eigenvalue weighted by Crippen LogP contribution is -2.43. The summed E-state index contributed by atoms with van der Waals surface area (Å²) >= 11 is 0. The Kier molecular flexibility index (Phi) is 10.6. The predicted octanol–water partition coefficient (Wildman–Crippen LogP) is 7.40. The molecule has 0 saturated carbocycles. The lowest BCUT2D eigenvalue weighted by Gasteiger charge is -2.32. The van der Waals surface area contributed by atoms with Gasteiger partial charge < -0.3 is 34.9 Å². The number of nitrogens with zero attached hydrogens (tertiary/aromatic N) is 5. The van der Waals surface area contributed by atoms with Crippen LogP contribution in [0, 0.1) is 0 Å². The molecule has 58 heavy (non-hydrogen) atoms. The van der Waals surface area contributed by atoms with E-state index >= 15 is 0 Å². The Hall–Kier alpha value is -6.96. The zero-order chi connectivity index (χ0) is 40.3. The lowest BCUT2D eigenvalue weighted by molar-refractivity contribution is -0.137. The smallest absolute Gasteiger partial charge is 0.407 e. The van der Waals surface area contributed by atoms with Crippen LogP contribution < -0.4 is 5.32 Å². The topological polar surface area (TPSA) is 177 Å². The van der Waals surface area contributed by atoms with Crippen molar-refractivity contribution in [2.24, 2.45) is 0 Å². The molecule has 14 heteroatoms. The Morgan fingerprint density at radius 3 is 2.10 bits per heavy atom. The van der Waals surface area contributed by atoms with Crippen molar-refractivity contribution in [1.82, 2.24) is 40.0 Å². The molecule has 0 bridgehead atoms. The van der Waals surface area contributed by atoms with E-state index in [2.05, 4.69) is 21.4 Å². The van der Waals surface area contributed by atoms with Crippen molar-refractivity contribution in [3.63, 3.8) is 0 Å². The van der Waals surface area contributed by atoms with Gasteiger partial charge in [-0.05, 0) is 66.1 Å². The van der Waals surface area contributed by atoms with Gasteiger partial charge in [0.05, 0.1) is 35.9 Å². The molecule has 0 radical (unpaired) electrons. The fraction of sp³-hybridized carbons (Fsp3) is 0.273. The number of carbonyl (C=O) groups excluding carboxylic acids is 3. The summed E-state index contributed by atoms with van der Waals surface area (Å²) in [6.07, 6.45) is 2.98. The Morgan fingerprint density at radius 1 is 0.776 bits per heavy atom. The van der Waals surface area contributed by atoms with Crippen molar-refractivity contribution in [2.75, 3.05) is 27.2 Å². The summed E-state index contributed by atoms with van der Waals surface area (Å²) in [5.74, 6) is 0.824. The highest BCUT2D eigenvalue weighted by molar-refractivity contribution is 5.89. The van der Waals surface area contributed by atoms with Gasteiger partial charge in [0, 0.05) is 31.9 Å². The van der Waals surface area contributed by atoms with E-state index in [1.165, 1.54) is 14.2 Å². The zero-order valence-corrected chi connectivity index (χ0v) is 32.2. The highest BCUT2D eigenvalue weighted by atomic mass is 16.5. The van der Waals surface area contributed by atoms with Gasteiger partial charge in [0.1, 0.15) is 23.7 Å². The summed E-state index contributed by atoms with van der Waals surface area (Å²) in [5, 5.41) is 12.5. The van der Waals surface area contributed by atoms with E-state index in [0.29, 0.717) is 42.3 Å². The maximum Gasteiger partial charge on any atom is 0.407 e. The molecule has 2 aliphatic heterocycles. The minimum atomic E-state index is -1.18. The number of alkyl carbamates (subject to hydrolysis) is 1. The van der Waals surface area contributed by atoms with Crippen molar-refractivity contribution in [1.29, 1.82) is 0 Å². The number of hydrogen-bond acceptors (Lipinski definition) is 7. The number of likely N-dealkylation sites (tertiary alicyclic amines) is 2. The molecule has 2 fully saturated rings. The number of imidazole rings is 2. The molecule has 4 heterocycles. The average molecular weight is 781 g/mol. The molecular formula is C44H44N8O6. The normalized spacial score (nSPS) is 17.6. The van der Waals surface area contributed by atoms with Crippen LogP contribution in [0.4, 0.5) is 9.59 Å². The number of ether oxygens (including phenoxy) is 1. The molecule has 2 saturated heterocycles. The summed E-state index contributed by atoms with van der Waals surface area (Å²) in [4.78, 5) is 73.6. The number of likely N-dealkylation sites (N-methyl/N-ethyl adjacent to an activating group) is 1. The predicted molar refractivity (Wildman–Crippen MR) is 216 cm³/mol. The minimum Gasteiger partial charge on any atom is -0.465 e. The number of carboxylic acid groups (broad SMARTS) is 1. The molecule has 2 aliphatic rings. The first-order chi connectivity index (χ1) is 28.2. The fourth-order valence-electron chi connectivity index (χ4n) is 8.22.